The van der Waals surface area contributed by atoms with Crippen LogP contribution >= 0.6 is 0 Å². The molecule has 0 fully saturated rings. The SMILES string of the molecule is Cc1cc(-c2nc(-c3ccc(-c4c(-c5ccccc5)cccc4-c4ccccc4)cc3)nc(-c3ccc4c(c3)oc3ccccc34)n2)cc(C)n1.Cc1ccc(-c2ccc(-c3nc(-c4ccccc4)nc(-c4ccc5c(c4)C(C)(C)c4ccccc4-5)n3)cc2)c(C)n1.Cc1ccc(-c2ccccc2-c2nc(-c3ccccc3)nc(-c3cccc(-c4cc(-c5ccccc5)c(-c5ccccc5)c(-c5ccccc5)c4)c3)n2)c(C)n1. The highest BCUT2D eigenvalue weighted by atomic mass is 16.3. The maximum Gasteiger partial charge on any atom is 0.164 e. The number of fused-ring (bicyclic) bond motifs is 6. The van der Waals surface area contributed by atoms with Crippen molar-refractivity contribution in [1.29, 1.82) is 0 Å². The summed E-state index contributed by atoms with van der Waals surface area (Å²) in [7, 11) is 0. The molecular formula is C135H100N12O. The number of hydrogen-bond acceptors (Lipinski definition) is 13. The predicted molar refractivity (Wildman–Crippen MR) is 604 cm³/mol. The van der Waals surface area contributed by atoms with Crippen LogP contribution in [0.1, 0.15) is 59.1 Å². The van der Waals surface area contributed by atoms with Crippen molar-refractivity contribution in [2.45, 2.75) is 60.8 Å². The van der Waals surface area contributed by atoms with Gasteiger partial charge in [-0.1, -0.05) is 408 Å². The molecule has 148 heavy (non-hydrogen) atoms. The first-order valence-corrected chi connectivity index (χ1v) is 49.9. The largest absolute Gasteiger partial charge is 0.456 e. The van der Waals surface area contributed by atoms with E-state index >= 15 is 0 Å². The number of para-hydroxylation sites is 1. The van der Waals surface area contributed by atoms with Crippen LogP contribution in [0.15, 0.2) is 465 Å². The Morgan fingerprint density at radius 1 is 0.155 bits per heavy atom. The van der Waals surface area contributed by atoms with Crippen molar-refractivity contribution in [2.24, 2.45) is 0 Å². The Labute approximate surface area is 861 Å². The zero-order chi connectivity index (χ0) is 100. The number of pyridine rings is 3. The number of aryl methyl sites for hydroxylation is 6. The number of furan rings is 1. The molecule has 7 heterocycles. The monoisotopic (exact) mass is 1900 g/mol. The van der Waals surface area contributed by atoms with Crippen LogP contribution in [0.3, 0.4) is 0 Å². The van der Waals surface area contributed by atoms with Gasteiger partial charge in [-0.25, -0.2) is 44.9 Å². The normalized spacial score (nSPS) is 11.7. The van der Waals surface area contributed by atoms with Crippen LogP contribution in [-0.4, -0.2) is 59.8 Å². The van der Waals surface area contributed by atoms with Crippen LogP contribution in [0.2, 0.25) is 0 Å². The lowest BCUT2D eigenvalue weighted by molar-refractivity contribution is 0.660. The molecule has 13 heteroatoms. The second kappa shape index (κ2) is 40.4. The van der Waals surface area contributed by atoms with E-state index in [1.165, 1.54) is 72.3 Å². The van der Waals surface area contributed by atoms with Gasteiger partial charge < -0.3 is 4.42 Å². The van der Waals surface area contributed by atoms with Crippen molar-refractivity contribution in [3.63, 3.8) is 0 Å². The summed E-state index contributed by atoms with van der Waals surface area (Å²) in [5.41, 5.74) is 41.5. The molecule has 1 aliphatic rings. The molecule has 24 aromatic rings. The van der Waals surface area contributed by atoms with E-state index in [0.29, 0.717) is 52.4 Å². The minimum absolute atomic E-state index is 0.0984. The van der Waals surface area contributed by atoms with E-state index in [1.54, 1.807) is 0 Å². The lowest BCUT2D eigenvalue weighted by Gasteiger charge is -2.21. The first kappa shape index (κ1) is 92.7. The van der Waals surface area contributed by atoms with Crippen molar-refractivity contribution in [3.05, 3.63) is 506 Å². The standard InChI is InChI=1S/C52H38N4.C46H32N4O.C37H30N4/c1-35-30-31-44(36(2)53-35)45-28-15-16-29-46(45)52-55-50(40-24-13-6-14-25-40)54-51(56-52)42-27-17-26-41(32-42)43-33-47(37-18-7-3-8-19-37)49(39-22-11-5-12-23-39)48(34-43)38-20-9-4-10-21-38;1-29-26-36(27-30(2)47-29)46-49-44(48-45(50-46)35-24-25-40-39-16-9-10-19-41(39)51-42(40)28-35)34-22-20-33(21-23-34)43-37(31-12-5-3-6-13-31)17-11-18-38(43)32-14-7-4-8-15-32;1-23-14-20-29(24(2)38-23)25-15-17-27(18-16-25)35-39-34(26-10-6-5-7-11-26)40-36(41-35)28-19-21-31-30-12-8-9-13-32(30)37(3,4)33(31)22-28/h3-34H,1-2H3;3-28H,1-2H3;5-22H,1-4H3. The highest BCUT2D eigenvalue weighted by molar-refractivity contribution is 6.06. The van der Waals surface area contributed by atoms with E-state index in [1.807, 2.05) is 131 Å². The fourth-order valence-corrected chi connectivity index (χ4v) is 20.4. The average molecular weight is 1910 g/mol. The van der Waals surface area contributed by atoms with Crippen molar-refractivity contribution in [1.82, 2.24) is 59.8 Å². The van der Waals surface area contributed by atoms with E-state index in [0.717, 1.165) is 156 Å². The maximum absolute atomic E-state index is 6.23. The van der Waals surface area contributed by atoms with Gasteiger partial charge in [-0.15, -0.1) is 0 Å². The van der Waals surface area contributed by atoms with Gasteiger partial charge in [0.2, 0.25) is 0 Å². The molecule has 0 amide bonds. The van der Waals surface area contributed by atoms with E-state index in [4.69, 9.17) is 54.3 Å². The summed E-state index contributed by atoms with van der Waals surface area (Å²) in [5.74, 6) is 5.60. The van der Waals surface area contributed by atoms with Crippen LogP contribution in [0.5, 0.6) is 0 Å². The van der Waals surface area contributed by atoms with Gasteiger partial charge in [-0.3, -0.25) is 15.0 Å². The third-order valence-electron chi connectivity index (χ3n) is 27.6. The Balaban J connectivity index is 0.000000123. The molecule has 0 spiro atoms. The summed E-state index contributed by atoms with van der Waals surface area (Å²) >= 11 is 0. The van der Waals surface area contributed by atoms with Gasteiger partial charge in [-0.2, -0.15) is 0 Å². The lowest BCUT2D eigenvalue weighted by atomic mass is 9.82. The number of hydrogen-bond donors (Lipinski definition) is 0. The third-order valence-corrected chi connectivity index (χ3v) is 27.6. The van der Waals surface area contributed by atoms with Gasteiger partial charge in [0.1, 0.15) is 11.2 Å². The Morgan fingerprint density at radius 2 is 0.473 bits per heavy atom. The Kier molecular flexibility index (Phi) is 25.3. The van der Waals surface area contributed by atoms with E-state index < -0.39 is 0 Å². The smallest absolute Gasteiger partial charge is 0.164 e. The van der Waals surface area contributed by atoms with Crippen LogP contribution in [0.25, 0.3) is 236 Å². The van der Waals surface area contributed by atoms with Crippen LogP contribution in [0, 0.1) is 41.5 Å². The van der Waals surface area contributed by atoms with Crippen molar-refractivity contribution >= 4 is 21.9 Å². The fourth-order valence-electron chi connectivity index (χ4n) is 20.4. The van der Waals surface area contributed by atoms with Gasteiger partial charge in [0.05, 0.1) is 0 Å². The van der Waals surface area contributed by atoms with Gasteiger partial charge in [-0.05, 0) is 220 Å². The summed E-state index contributed by atoms with van der Waals surface area (Å²) in [6, 6.07) is 160. The fraction of sp³-hybridized carbons (Fsp3) is 0.0667. The van der Waals surface area contributed by atoms with Crippen molar-refractivity contribution in [2.75, 3.05) is 0 Å². The van der Waals surface area contributed by atoms with Crippen LogP contribution in [-0.2, 0) is 5.41 Å². The topological polar surface area (TPSA) is 168 Å². The predicted octanol–water partition coefficient (Wildman–Crippen LogP) is 33.9. The molecule has 706 valence electrons. The third kappa shape index (κ3) is 19.0. The van der Waals surface area contributed by atoms with E-state index in [-0.39, 0.29) is 5.41 Å². The molecule has 7 aromatic heterocycles. The Hall–Kier alpha value is -19.0. The Morgan fingerprint density at radius 3 is 0.986 bits per heavy atom. The summed E-state index contributed by atoms with van der Waals surface area (Å²) < 4.78 is 6.23. The van der Waals surface area contributed by atoms with Gasteiger partial charge in [0.25, 0.3) is 0 Å². The minimum atomic E-state index is -0.0984. The molecule has 0 saturated heterocycles. The second-order valence-electron chi connectivity index (χ2n) is 38.0. The lowest BCUT2D eigenvalue weighted by Crippen LogP contribution is -2.15. The molecule has 1 aliphatic carbocycles. The first-order valence-electron chi connectivity index (χ1n) is 49.9. The summed E-state index contributed by atoms with van der Waals surface area (Å²) in [4.78, 5) is 59.4. The Bertz CT molecular complexity index is 8940. The van der Waals surface area contributed by atoms with Crippen LogP contribution in [0.4, 0.5) is 0 Å². The van der Waals surface area contributed by atoms with Gasteiger partial charge in [0, 0.05) is 112 Å². The molecule has 0 N–H and O–H groups in total. The van der Waals surface area contributed by atoms with Crippen molar-refractivity contribution in [3.8, 4) is 214 Å². The molecule has 0 bridgehead atoms. The summed E-state index contributed by atoms with van der Waals surface area (Å²) in [6.45, 7) is 16.7. The molecule has 0 saturated carbocycles. The minimum Gasteiger partial charge on any atom is -0.456 e. The van der Waals surface area contributed by atoms with Crippen LogP contribution < -0.4 is 0 Å². The molecule has 17 aromatic carbocycles. The highest BCUT2D eigenvalue weighted by Gasteiger charge is 2.36. The molecule has 13 nitrogen and oxygen atoms in total. The molecule has 0 aliphatic heterocycles. The number of aromatic nitrogens is 12. The molecular weight excluding hydrogens is 1810 g/mol. The second-order valence-corrected chi connectivity index (χ2v) is 38.0. The highest BCUT2D eigenvalue weighted by Crippen LogP contribution is 2.51. The number of nitrogens with zero attached hydrogens (tertiary/aromatic N) is 12. The van der Waals surface area contributed by atoms with Crippen molar-refractivity contribution < 1.29 is 4.42 Å². The zero-order valence-electron chi connectivity index (χ0n) is 83.2. The summed E-state index contributed by atoms with van der Waals surface area (Å²) in [5, 5.41) is 2.15. The van der Waals surface area contributed by atoms with E-state index in [9.17, 15) is 0 Å². The first-order chi connectivity index (χ1) is 72.5. The average Bonchev–Trinajstić information content (AvgIpc) is 1.56. The number of rotatable bonds is 18. The molecule has 0 unspecified atom stereocenters. The van der Waals surface area contributed by atoms with E-state index in [2.05, 4.69) is 396 Å². The van der Waals surface area contributed by atoms with Gasteiger partial charge in [0.15, 0.2) is 52.4 Å². The maximum atomic E-state index is 6.23. The molecule has 0 radical (unpaired) electrons. The van der Waals surface area contributed by atoms with Gasteiger partial charge >= 0.3 is 0 Å². The zero-order valence-corrected chi connectivity index (χ0v) is 83.2. The molecule has 25 rings (SSSR count). The quantitative estimate of drug-likeness (QED) is 0.0797. The molecule has 0 atom stereocenters. The number of benzene rings is 17. The summed E-state index contributed by atoms with van der Waals surface area (Å²) in [6.07, 6.45) is 0.